The van der Waals surface area contributed by atoms with Gasteiger partial charge in [0.05, 0.1) is 6.20 Å². The van der Waals surface area contributed by atoms with E-state index in [2.05, 4.69) is 26.2 Å². The average molecular weight is 342 g/mol. The molecular formula is C16H12BrN3O. The predicted molar refractivity (Wildman–Crippen MR) is 83.9 cm³/mol. The molecule has 0 saturated heterocycles. The van der Waals surface area contributed by atoms with Crippen LogP contribution in [0.5, 0.6) is 0 Å². The van der Waals surface area contributed by atoms with Gasteiger partial charge in [-0.2, -0.15) is 0 Å². The van der Waals surface area contributed by atoms with Crippen molar-refractivity contribution in [3.63, 3.8) is 0 Å². The van der Waals surface area contributed by atoms with E-state index in [4.69, 9.17) is 0 Å². The van der Waals surface area contributed by atoms with Crippen LogP contribution in [0.1, 0.15) is 10.4 Å². The van der Waals surface area contributed by atoms with Crippen molar-refractivity contribution in [2.24, 2.45) is 0 Å². The minimum atomic E-state index is -0.00742. The third-order valence-corrected chi connectivity index (χ3v) is 3.78. The molecule has 0 spiro atoms. The molecule has 4 nitrogen and oxygen atoms in total. The van der Waals surface area contributed by atoms with Gasteiger partial charge in [0, 0.05) is 15.6 Å². The van der Waals surface area contributed by atoms with Crippen molar-refractivity contribution < 1.29 is 4.79 Å². The highest BCUT2D eigenvalue weighted by Crippen LogP contribution is 2.18. The fraction of sp³-hybridized carbons (Fsp3) is 0.0625. The van der Waals surface area contributed by atoms with Crippen LogP contribution in [0.3, 0.4) is 0 Å². The number of carbonyl (C=O) groups excluding carboxylic acids is 1. The summed E-state index contributed by atoms with van der Waals surface area (Å²) >= 11 is 3.39. The molecular weight excluding hydrogens is 330 g/mol. The first-order chi connectivity index (χ1) is 10.2. The highest BCUT2D eigenvalue weighted by atomic mass is 79.9. The SMILES string of the molecule is O=C(Cn1cc(-c2ccccc2)nn1)c1ccccc1Br. The summed E-state index contributed by atoms with van der Waals surface area (Å²) in [6.07, 6.45) is 1.78. The van der Waals surface area contributed by atoms with Gasteiger partial charge in [-0.1, -0.05) is 69.7 Å². The Hall–Kier alpha value is -2.27. The van der Waals surface area contributed by atoms with Gasteiger partial charge in [0.15, 0.2) is 5.78 Å². The Morgan fingerprint density at radius 3 is 2.52 bits per heavy atom. The van der Waals surface area contributed by atoms with Crippen molar-refractivity contribution in [3.05, 3.63) is 70.8 Å². The zero-order valence-corrected chi connectivity index (χ0v) is 12.7. The monoisotopic (exact) mass is 341 g/mol. The van der Waals surface area contributed by atoms with Crippen molar-refractivity contribution in [2.45, 2.75) is 6.54 Å². The van der Waals surface area contributed by atoms with Crippen molar-refractivity contribution in [3.8, 4) is 11.3 Å². The van der Waals surface area contributed by atoms with Crippen molar-refractivity contribution >= 4 is 21.7 Å². The van der Waals surface area contributed by atoms with E-state index < -0.39 is 0 Å². The number of carbonyl (C=O) groups is 1. The minimum absolute atomic E-state index is 0.00742. The summed E-state index contributed by atoms with van der Waals surface area (Å²) in [5, 5.41) is 8.12. The van der Waals surface area contributed by atoms with Crippen LogP contribution in [0, 0.1) is 0 Å². The molecule has 1 aromatic heterocycles. The fourth-order valence-corrected chi connectivity index (χ4v) is 2.54. The number of benzene rings is 2. The lowest BCUT2D eigenvalue weighted by Gasteiger charge is -2.02. The van der Waals surface area contributed by atoms with E-state index >= 15 is 0 Å². The number of ketones is 1. The topological polar surface area (TPSA) is 47.8 Å². The van der Waals surface area contributed by atoms with Gasteiger partial charge in [-0.05, 0) is 6.07 Å². The average Bonchev–Trinajstić information content (AvgIpc) is 2.97. The molecule has 21 heavy (non-hydrogen) atoms. The van der Waals surface area contributed by atoms with Gasteiger partial charge in [-0.25, -0.2) is 4.68 Å². The van der Waals surface area contributed by atoms with E-state index in [1.54, 1.807) is 16.9 Å². The number of nitrogens with zero attached hydrogens (tertiary/aromatic N) is 3. The molecule has 0 N–H and O–H groups in total. The van der Waals surface area contributed by atoms with Crippen LogP contribution in [0.15, 0.2) is 65.3 Å². The quantitative estimate of drug-likeness (QED) is 0.681. The molecule has 104 valence electrons. The largest absolute Gasteiger partial charge is 0.292 e. The summed E-state index contributed by atoms with van der Waals surface area (Å²) in [6, 6.07) is 17.1. The van der Waals surface area contributed by atoms with E-state index in [9.17, 15) is 4.79 Å². The van der Waals surface area contributed by atoms with E-state index in [1.807, 2.05) is 48.5 Å². The second kappa shape index (κ2) is 6.01. The Morgan fingerprint density at radius 2 is 1.76 bits per heavy atom. The molecule has 0 fully saturated rings. The normalized spacial score (nSPS) is 10.5. The second-order valence-corrected chi connectivity index (χ2v) is 5.42. The Labute approximate surface area is 130 Å². The first-order valence-corrected chi connectivity index (χ1v) is 7.26. The minimum Gasteiger partial charge on any atom is -0.292 e. The molecule has 1 heterocycles. The molecule has 0 bridgehead atoms. The van der Waals surface area contributed by atoms with Crippen LogP contribution in [0.25, 0.3) is 11.3 Å². The summed E-state index contributed by atoms with van der Waals surface area (Å²) in [6.45, 7) is 0.169. The maximum atomic E-state index is 12.3. The fourth-order valence-electron chi connectivity index (χ4n) is 2.04. The summed E-state index contributed by atoms with van der Waals surface area (Å²) in [5.74, 6) is -0.00742. The van der Waals surface area contributed by atoms with Crippen LogP contribution < -0.4 is 0 Å². The van der Waals surface area contributed by atoms with Crippen LogP contribution in [0.2, 0.25) is 0 Å². The number of halogens is 1. The Morgan fingerprint density at radius 1 is 1.05 bits per heavy atom. The van der Waals surface area contributed by atoms with E-state index in [1.165, 1.54) is 0 Å². The first kappa shape index (κ1) is 13.7. The molecule has 0 unspecified atom stereocenters. The van der Waals surface area contributed by atoms with Crippen LogP contribution in [-0.4, -0.2) is 20.8 Å². The van der Waals surface area contributed by atoms with Crippen LogP contribution >= 0.6 is 15.9 Å². The van der Waals surface area contributed by atoms with Gasteiger partial charge < -0.3 is 0 Å². The molecule has 0 aliphatic heterocycles. The van der Waals surface area contributed by atoms with Gasteiger partial charge >= 0.3 is 0 Å². The number of hydrogen-bond donors (Lipinski definition) is 0. The molecule has 0 aliphatic carbocycles. The van der Waals surface area contributed by atoms with Crippen molar-refractivity contribution in [1.82, 2.24) is 15.0 Å². The van der Waals surface area contributed by atoms with Gasteiger partial charge in [0.1, 0.15) is 12.2 Å². The zero-order chi connectivity index (χ0) is 14.7. The van der Waals surface area contributed by atoms with Crippen LogP contribution in [-0.2, 0) is 6.54 Å². The number of rotatable bonds is 4. The lowest BCUT2D eigenvalue weighted by Crippen LogP contribution is -2.11. The van der Waals surface area contributed by atoms with Crippen LogP contribution in [0.4, 0.5) is 0 Å². The Kier molecular flexibility index (Phi) is 3.92. The summed E-state index contributed by atoms with van der Waals surface area (Å²) < 4.78 is 2.35. The lowest BCUT2D eigenvalue weighted by atomic mass is 10.1. The molecule has 0 saturated carbocycles. The van der Waals surface area contributed by atoms with Crippen molar-refractivity contribution in [1.29, 1.82) is 0 Å². The second-order valence-electron chi connectivity index (χ2n) is 4.57. The standard InChI is InChI=1S/C16H12BrN3O/c17-14-9-5-4-8-13(14)16(21)11-20-10-15(18-19-20)12-6-2-1-3-7-12/h1-10H,11H2. The number of aromatic nitrogens is 3. The smallest absolute Gasteiger partial charge is 0.185 e. The third kappa shape index (κ3) is 3.08. The molecule has 0 atom stereocenters. The highest BCUT2D eigenvalue weighted by Gasteiger charge is 2.11. The summed E-state index contributed by atoms with van der Waals surface area (Å²) in [4.78, 5) is 12.3. The Balaban J connectivity index is 1.79. The molecule has 0 amide bonds. The predicted octanol–water partition coefficient (Wildman–Crippen LogP) is 3.59. The van der Waals surface area contributed by atoms with Gasteiger partial charge in [-0.3, -0.25) is 4.79 Å². The number of hydrogen-bond acceptors (Lipinski definition) is 3. The Bertz CT molecular complexity index is 768. The first-order valence-electron chi connectivity index (χ1n) is 6.47. The molecule has 3 rings (SSSR count). The number of Topliss-reactive ketones (excluding diaryl/α,β-unsaturated/α-hetero) is 1. The molecule has 2 aromatic carbocycles. The third-order valence-electron chi connectivity index (χ3n) is 3.09. The maximum absolute atomic E-state index is 12.3. The maximum Gasteiger partial charge on any atom is 0.185 e. The van der Waals surface area contributed by atoms with E-state index in [0.717, 1.165) is 15.7 Å². The van der Waals surface area contributed by atoms with Gasteiger partial charge in [0.25, 0.3) is 0 Å². The lowest BCUT2D eigenvalue weighted by molar-refractivity contribution is 0.0966. The molecule has 5 heteroatoms. The van der Waals surface area contributed by atoms with E-state index in [-0.39, 0.29) is 12.3 Å². The summed E-state index contributed by atoms with van der Waals surface area (Å²) in [5.41, 5.74) is 2.39. The molecule has 3 aromatic rings. The van der Waals surface area contributed by atoms with Gasteiger partial charge in [-0.15, -0.1) is 5.10 Å². The highest BCUT2D eigenvalue weighted by molar-refractivity contribution is 9.10. The van der Waals surface area contributed by atoms with Crippen molar-refractivity contribution in [2.75, 3.05) is 0 Å². The van der Waals surface area contributed by atoms with Gasteiger partial charge in [0.2, 0.25) is 0 Å². The zero-order valence-electron chi connectivity index (χ0n) is 11.1. The summed E-state index contributed by atoms with van der Waals surface area (Å²) in [7, 11) is 0. The van der Waals surface area contributed by atoms with E-state index in [0.29, 0.717) is 5.56 Å². The molecule has 0 aliphatic rings. The molecule has 0 radical (unpaired) electrons.